The predicted octanol–water partition coefficient (Wildman–Crippen LogP) is -1.81. The third-order valence-corrected chi connectivity index (χ3v) is 4.06. The summed E-state index contributed by atoms with van der Waals surface area (Å²) < 4.78 is 10.4. The summed E-state index contributed by atoms with van der Waals surface area (Å²) in [7, 11) is 0. The van der Waals surface area contributed by atoms with Gasteiger partial charge in [-0.25, -0.2) is 0 Å². The highest BCUT2D eigenvalue weighted by Gasteiger charge is 2.44. The number of ether oxygens (including phenoxy) is 2. The minimum atomic E-state index is -1.53. The van der Waals surface area contributed by atoms with Crippen LogP contribution in [0.15, 0.2) is 23.3 Å². The zero-order valence-corrected chi connectivity index (χ0v) is 12.8. The van der Waals surface area contributed by atoms with E-state index in [4.69, 9.17) is 26.2 Å². The lowest BCUT2D eigenvalue weighted by molar-refractivity contribution is -0.301. The molecule has 8 nitrogen and oxygen atoms in total. The monoisotopic (exact) mass is 350 g/mol. The molecular formula is C14H19ClO8. The molecule has 1 heterocycles. The van der Waals surface area contributed by atoms with Crippen LogP contribution in [0.2, 0.25) is 0 Å². The fraction of sp³-hybridized carbons (Fsp3) is 0.643. The summed E-state index contributed by atoms with van der Waals surface area (Å²) in [6, 6.07) is 0. The molecule has 2 aliphatic rings. The Labute approximate surface area is 137 Å². The van der Waals surface area contributed by atoms with Crippen molar-refractivity contribution >= 4 is 17.4 Å². The Kier molecular flexibility index (Phi) is 5.93. The maximum atomic E-state index is 11.2. The van der Waals surface area contributed by atoms with Crippen molar-refractivity contribution < 1.29 is 39.8 Å². The fourth-order valence-corrected chi connectivity index (χ4v) is 2.59. The van der Waals surface area contributed by atoms with Gasteiger partial charge in [0, 0.05) is 6.42 Å². The first kappa shape index (κ1) is 18.5. The van der Waals surface area contributed by atoms with Gasteiger partial charge in [-0.1, -0.05) is 11.6 Å². The van der Waals surface area contributed by atoms with Crippen molar-refractivity contribution in [2.75, 3.05) is 13.2 Å². The molecule has 1 fully saturated rings. The van der Waals surface area contributed by atoms with Crippen LogP contribution in [0.25, 0.3) is 0 Å². The summed E-state index contributed by atoms with van der Waals surface area (Å²) in [5.74, 6) is -0.411. The van der Waals surface area contributed by atoms with E-state index in [9.17, 15) is 25.2 Å². The molecule has 23 heavy (non-hydrogen) atoms. The molecule has 1 aliphatic carbocycles. The molecule has 0 aromatic rings. The third-order valence-electron chi connectivity index (χ3n) is 3.77. The third kappa shape index (κ3) is 4.17. The van der Waals surface area contributed by atoms with Gasteiger partial charge in [0.05, 0.1) is 18.2 Å². The van der Waals surface area contributed by atoms with E-state index in [1.807, 2.05) is 0 Å². The van der Waals surface area contributed by atoms with E-state index in [0.29, 0.717) is 0 Å². The number of ketones is 1. The Hall–Kier alpha value is -0.840. The first-order chi connectivity index (χ1) is 10.8. The van der Waals surface area contributed by atoms with Crippen LogP contribution in [0, 0.1) is 0 Å². The van der Waals surface area contributed by atoms with E-state index in [0.717, 1.165) is 6.08 Å². The van der Waals surface area contributed by atoms with Crippen molar-refractivity contribution in [2.24, 2.45) is 0 Å². The molecule has 9 heteroatoms. The maximum Gasteiger partial charge on any atom is 0.196 e. The topological polar surface area (TPSA) is 137 Å². The van der Waals surface area contributed by atoms with Crippen LogP contribution < -0.4 is 0 Å². The number of aliphatic hydroxyl groups is 5. The van der Waals surface area contributed by atoms with E-state index < -0.39 is 48.7 Å². The number of allylic oxidation sites excluding steroid dienone is 2. The van der Waals surface area contributed by atoms with Gasteiger partial charge in [-0.2, -0.15) is 0 Å². The second-order valence-electron chi connectivity index (χ2n) is 5.50. The van der Waals surface area contributed by atoms with E-state index in [1.165, 1.54) is 12.2 Å². The molecule has 130 valence electrons. The normalized spacial score (nSPS) is 41.0. The van der Waals surface area contributed by atoms with Crippen molar-refractivity contribution in [1.29, 1.82) is 0 Å². The molecule has 0 amide bonds. The Morgan fingerprint density at radius 2 is 1.96 bits per heavy atom. The molecule has 0 unspecified atom stereocenters. The van der Waals surface area contributed by atoms with E-state index >= 15 is 0 Å². The van der Waals surface area contributed by atoms with Crippen molar-refractivity contribution in [1.82, 2.24) is 0 Å². The van der Waals surface area contributed by atoms with Gasteiger partial charge in [-0.05, 0) is 18.2 Å². The first-order valence-electron chi connectivity index (χ1n) is 7.04. The minimum absolute atomic E-state index is 0.0159. The molecule has 1 saturated heterocycles. The average molecular weight is 351 g/mol. The quantitative estimate of drug-likeness (QED) is 0.391. The van der Waals surface area contributed by atoms with Gasteiger partial charge in [-0.15, -0.1) is 0 Å². The zero-order valence-electron chi connectivity index (χ0n) is 12.1. The number of carbonyl (C=O) groups is 1. The highest BCUT2D eigenvalue weighted by molar-refractivity contribution is 6.44. The van der Waals surface area contributed by atoms with Crippen molar-refractivity contribution in [2.45, 2.75) is 42.7 Å². The van der Waals surface area contributed by atoms with E-state index in [1.54, 1.807) is 0 Å². The van der Waals surface area contributed by atoms with Gasteiger partial charge in [0.2, 0.25) is 0 Å². The van der Waals surface area contributed by atoms with Gasteiger partial charge < -0.3 is 35.0 Å². The molecule has 5 N–H and O–H groups in total. The second kappa shape index (κ2) is 7.37. The maximum absolute atomic E-state index is 11.2. The van der Waals surface area contributed by atoms with Crippen LogP contribution in [0.3, 0.4) is 0 Å². The Morgan fingerprint density at radius 1 is 1.26 bits per heavy atom. The molecule has 0 saturated carbocycles. The molecule has 0 bridgehead atoms. The van der Waals surface area contributed by atoms with Crippen molar-refractivity contribution in [3.63, 3.8) is 0 Å². The smallest absolute Gasteiger partial charge is 0.196 e. The average Bonchev–Trinajstić information content (AvgIpc) is 2.51. The molecule has 0 aromatic carbocycles. The SMILES string of the molecule is O=C1C=C[C@](O)(CCO[C@@H]2O[C@H](CO)[C@@H](O)[C@H](O)[C@H]2O)C=C1Cl. The van der Waals surface area contributed by atoms with Gasteiger partial charge in [0.15, 0.2) is 12.1 Å². The summed E-state index contributed by atoms with van der Waals surface area (Å²) in [6.45, 7) is -0.656. The van der Waals surface area contributed by atoms with Crippen molar-refractivity contribution in [3.05, 3.63) is 23.3 Å². The summed E-state index contributed by atoms with van der Waals surface area (Å²) in [4.78, 5) is 11.2. The number of hydrogen-bond acceptors (Lipinski definition) is 8. The second-order valence-corrected chi connectivity index (χ2v) is 5.91. The lowest BCUT2D eigenvalue weighted by Gasteiger charge is -2.39. The standard InChI is InChI=1S/C14H19ClO8/c15-7-5-14(21,2-1-8(7)17)3-4-22-13-12(20)11(19)10(18)9(6-16)23-13/h1-2,5,9-13,16,18-21H,3-4,6H2/t9-,10-,11+,12-,13-,14+/m1/s1. The molecule has 0 radical (unpaired) electrons. The number of aliphatic hydroxyl groups excluding tert-OH is 4. The van der Waals surface area contributed by atoms with Gasteiger partial charge >= 0.3 is 0 Å². The number of halogens is 1. The molecule has 6 atom stereocenters. The van der Waals surface area contributed by atoms with Crippen LogP contribution in [0.1, 0.15) is 6.42 Å². The highest BCUT2D eigenvalue weighted by atomic mass is 35.5. The fourth-order valence-electron chi connectivity index (χ4n) is 2.34. The lowest BCUT2D eigenvalue weighted by atomic mass is 9.94. The predicted molar refractivity (Wildman–Crippen MR) is 77.4 cm³/mol. The van der Waals surface area contributed by atoms with Gasteiger partial charge in [-0.3, -0.25) is 4.79 Å². The lowest BCUT2D eigenvalue weighted by Crippen LogP contribution is -2.59. The first-order valence-corrected chi connectivity index (χ1v) is 7.41. The molecule has 1 aliphatic heterocycles. The summed E-state index contributed by atoms with van der Waals surface area (Å²) in [5.41, 5.74) is -1.47. The summed E-state index contributed by atoms with van der Waals surface area (Å²) in [6.07, 6.45) is -3.22. The van der Waals surface area contributed by atoms with Gasteiger partial charge in [0.1, 0.15) is 30.0 Å². The molecule has 0 spiro atoms. The van der Waals surface area contributed by atoms with Crippen LogP contribution >= 0.6 is 11.6 Å². The van der Waals surface area contributed by atoms with Gasteiger partial charge in [0.25, 0.3) is 0 Å². The Morgan fingerprint density at radius 3 is 2.57 bits per heavy atom. The highest BCUT2D eigenvalue weighted by Crippen LogP contribution is 2.26. The summed E-state index contributed by atoms with van der Waals surface area (Å²) >= 11 is 5.68. The summed E-state index contributed by atoms with van der Waals surface area (Å²) in [5, 5.41) is 48.3. The largest absolute Gasteiger partial charge is 0.394 e. The Bertz CT molecular complexity index is 505. The van der Waals surface area contributed by atoms with Crippen LogP contribution in [0.5, 0.6) is 0 Å². The van der Waals surface area contributed by atoms with E-state index in [-0.39, 0.29) is 18.1 Å². The van der Waals surface area contributed by atoms with Crippen LogP contribution in [0.4, 0.5) is 0 Å². The Balaban J connectivity index is 1.91. The number of carbonyl (C=O) groups excluding carboxylic acids is 1. The van der Waals surface area contributed by atoms with Crippen molar-refractivity contribution in [3.8, 4) is 0 Å². The van der Waals surface area contributed by atoms with E-state index in [2.05, 4.69) is 0 Å². The zero-order chi connectivity index (χ0) is 17.2. The number of hydrogen-bond donors (Lipinski definition) is 5. The van der Waals surface area contributed by atoms with Crippen LogP contribution in [-0.4, -0.2) is 80.8 Å². The molecule has 2 rings (SSSR count). The number of rotatable bonds is 5. The molecule has 0 aromatic heterocycles. The molecular weight excluding hydrogens is 332 g/mol. The van der Waals surface area contributed by atoms with Crippen LogP contribution in [-0.2, 0) is 14.3 Å². The minimum Gasteiger partial charge on any atom is -0.394 e.